The number of hydrogen-bond acceptors (Lipinski definition) is 5. The van der Waals surface area contributed by atoms with Gasteiger partial charge in [0, 0.05) is 49.8 Å². The number of imidazole rings is 1. The van der Waals surface area contributed by atoms with Crippen LogP contribution >= 0.6 is 0 Å². The van der Waals surface area contributed by atoms with Crippen molar-refractivity contribution in [2.24, 2.45) is 14.1 Å². The van der Waals surface area contributed by atoms with Gasteiger partial charge in [-0.2, -0.15) is 4.31 Å². The summed E-state index contributed by atoms with van der Waals surface area (Å²) in [6.45, 7) is 4.11. The van der Waals surface area contributed by atoms with Crippen LogP contribution in [-0.4, -0.2) is 45.8 Å². The molecule has 10 nitrogen and oxygen atoms in total. The monoisotopic (exact) mass is 483 g/mol. The van der Waals surface area contributed by atoms with Crippen LogP contribution in [0.4, 0.5) is 5.69 Å². The molecule has 178 valence electrons. The van der Waals surface area contributed by atoms with Crippen LogP contribution in [0.3, 0.4) is 0 Å². The van der Waals surface area contributed by atoms with Crippen molar-refractivity contribution >= 4 is 43.6 Å². The molecule has 0 aliphatic rings. The van der Waals surface area contributed by atoms with E-state index in [2.05, 4.69) is 10.3 Å². The van der Waals surface area contributed by atoms with Crippen LogP contribution in [0, 0.1) is 0 Å². The number of amides is 1. The molecule has 0 bridgehead atoms. The number of anilines is 1. The molecule has 0 aliphatic carbocycles. The van der Waals surface area contributed by atoms with Crippen LogP contribution in [0.2, 0.25) is 0 Å². The van der Waals surface area contributed by atoms with Crippen LogP contribution in [0.5, 0.6) is 0 Å². The number of aryl methyl sites for hydroxylation is 2. The van der Waals surface area contributed by atoms with Crippen molar-refractivity contribution in [3.63, 3.8) is 0 Å². The van der Waals surface area contributed by atoms with E-state index in [1.54, 1.807) is 46.1 Å². The molecule has 0 saturated carbocycles. The Morgan fingerprint density at radius 2 is 1.65 bits per heavy atom. The Hall–Kier alpha value is -3.70. The molecule has 1 amide bonds. The SMILES string of the molecule is CCN(CC)S(=O)(=O)c1ccc2[nH]c(=O)cc(C(=O)Nc3ccc4c(c3)n(C)c(=O)n4C)c2c1. The second-order valence-corrected chi connectivity index (χ2v) is 9.84. The molecule has 4 aromatic rings. The molecule has 2 N–H and O–H groups in total. The van der Waals surface area contributed by atoms with Crippen molar-refractivity contribution in [2.45, 2.75) is 18.7 Å². The first-order valence-corrected chi connectivity index (χ1v) is 12.2. The molecule has 0 saturated heterocycles. The number of carbonyl (C=O) groups excluding carboxylic acids is 1. The lowest BCUT2D eigenvalue weighted by Gasteiger charge is -2.19. The van der Waals surface area contributed by atoms with Crippen LogP contribution in [0.1, 0.15) is 24.2 Å². The van der Waals surface area contributed by atoms with Gasteiger partial charge in [-0.1, -0.05) is 13.8 Å². The highest BCUT2D eigenvalue weighted by Gasteiger charge is 2.23. The van der Waals surface area contributed by atoms with Gasteiger partial charge in [-0.25, -0.2) is 13.2 Å². The summed E-state index contributed by atoms with van der Waals surface area (Å²) in [7, 11) is -0.461. The van der Waals surface area contributed by atoms with Crippen molar-refractivity contribution < 1.29 is 13.2 Å². The van der Waals surface area contributed by atoms with Crippen molar-refractivity contribution in [1.82, 2.24) is 18.4 Å². The summed E-state index contributed by atoms with van der Waals surface area (Å²) in [5.41, 5.74) is 1.47. The van der Waals surface area contributed by atoms with Gasteiger partial charge in [0.05, 0.1) is 21.5 Å². The number of H-pyrrole nitrogens is 1. The Bertz CT molecular complexity index is 1660. The highest BCUT2D eigenvalue weighted by atomic mass is 32.2. The van der Waals surface area contributed by atoms with Gasteiger partial charge in [-0.15, -0.1) is 0 Å². The quantitative estimate of drug-likeness (QED) is 0.434. The predicted molar refractivity (Wildman–Crippen MR) is 131 cm³/mol. The number of aromatic nitrogens is 3. The van der Waals surface area contributed by atoms with Crippen LogP contribution in [0.25, 0.3) is 21.9 Å². The number of hydrogen-bond donors (Lipinski definition) is 2. The third-order valence-corrected chi connectivity index (χ3v) is 7.98. The van der Waals surface area contributed by atoms with Gasteiger partial charge < -0.3 is 10.3 Å². The van der Waals surface area contributed by atoms with Crippen molar-refractivity contribution in [3.8, 4) is 0 Å². The number of aromatic amines is 1. The first kappa shape index (κ1) is 23.5. The molecule has 2 aromatic heterocycles. The summed E-state index contributed by atoms with van der Waals surface area (Å²) in [4.78, 5) is 40.2. The molecule has 4 rings (SSSR count). The highest BCUT2D eigenvalue weighted by Crippen LogP contribution is 2.24. The lowest BCUT2D eigenvalue weighted by Crippen LogP contribution is -2.30. The Kier molecular flexibility index (Phi) is 5.92. The zero-order valence-electron chi connectivity index (χ0n) is 19.2. The van der Waals surface area contributed by atoms with E-state index in [0.29, 0.717) is 40.7 Å². The number of fused-ring (bicyclic) bond motifs is 2. The lowest BCUT2D eigenvalue weighted by atomic mass is 10.1. The fourth-order valence-corrected chi connectivity index (χ4v) is 5.56. The molecule has 34 heavy (non-hydrogen) atoms. The minimum absolute atomic E-state index is 0.0329. The third kappa shape index (κ3) is 3.82. The van der Waals surface area contributed by atoms with E-state index in [4.69, 9.17) is 0 Å². The van der Waals surface area contributed by atoms with E-state index in [-0.39, 0.29) is 16.1 Å². The molecule has 0 atom stereocenters. The molecule has 0 radical (unpaired) electrons. The molecule has 11 heteroatoms. The molecule has 2 aromatic carbocycles. The van der Waals surface area contributed by atoms with Gasteiger partial charge in [-0.05, 0) is 36.4 Å². The molecule has 0 spiro atoms. The number of sulfonamides is 1. The average Bonchev–Trinajstić information content (AvgIpc) is 3.02. The van der Waals surface area contributed by atoms with Crippen LogP contribution < -0.4 is 16.6 Å². The molecule has 2 heterocycles. The fraction of sp³-hybridized carbons (Fsp3) is 0.261. The summed E-state index contributed by atoms with van der Waals surface area (Å²) in [6.07, 6.45) is 0. The first-order chi connectivity index (χ1) is 16.1. The number of carbonyl (C=O) groups is 1. The van der Waals surface area contributed by atoms with Gasteiger partial charge >= 0.3 is 5.69 Å². The fourth-order valence-electron chi connectivity index (χ4n) is 4.08. The van der Waals surface area contributed by atoms with E-state index in [9.17, 15) is 22.8 Å². The highest BCUT2D eigenvalue weighted by molar-refractivity contribution is 7.89. The minimum Gasteiger partial charge on any atom is -0.322 e. The molecular formula is C23H25N5O5S. The van der Waals surface area contributed by atoms with Gasteiger partial charge in [0.2, 0.25) is 15.6 Å². The Morgan fingerprint density at radius 3 is 2.32 bits per heavy atom. The Labute approximate surface area is 195 Å². The number of benzene rings is 2. The van der Waals surface area contributed by atoms with Crippen molar-refractivity contribution in [2.75, 3.05) is 18.4 Å². The molecule has 0 fully saturated rings. The van der Waals surface area contributed by atoms with E-state index >= 15 is 0 Å². The summed E-state index contributed by atoms with van der Waals surface area (Å²) in [5.74, 6) is -0.575. The maximum Gasteiger partial charge on any atom is 0.328 e. The average molecular weight is 484 g/mol. The molecule has 0 aliphatic heterocycles. The van der Waals surface area contributed by atoms with E-state index in [0.717, 1.165) is 6.07 Å². The maximum atomic E-state index is 13.2. The summed E-state index contributed by atoms with van der Waals surface area (Å²) < 4.78 is 30.3. The molecular weight excluding hydrogens is 458 g/mol. The maximum absolute atomic E-state index is 13.2. The Balaban J connectivity index is 1.79. The zero-order valence-corrected chi connectivity index (χ0v) is 20.1. The normalized spacial score (nSPS) is 12.0. The second kappa shape index (κ2) is 8.58. The smallest absolute Gasteiger partial charge is 0.322 e. The van der Waals surface area contributed by atoms with E-state index in [1.165, 1.54) is 31.6 Å². The topological polar surface area (TPSA) is 126 Å². The third-order valence-electron chi connectivity index (χ3n) is 5.93. The van der Waals surface area contributed by atoms with Gasteiger partial charge in [-0.3, -0.25) is 18.7 Å². The van der Waals surface area contributed by atoms with Crippen LogP contribution in [0.15, 0.2) is 56.9 Å². The lowest BCUT2D eigenvalue weighted by molar-refractivity contribution is 0.102. The van der Waals surface area contributed by atoms with Crippen molar-refractivity contribution in [3.05, 3.63) is 68.9 Å². The predicted octanol–water partition coefficient (Wildman–Crippen LogP) is 2.00. The van der Waals surface area contributed by atoms with Crippen molar-refractivity contribution in [1.29, 1.82) is 0 Å². The van der Waals surface area contributed by atoms with Gasteiger partial charge in [0.25, 0.3) is 5.91 Å². The second-order valence-electron chi connectivity index (χ2n) is 7.90. The van der Waals surface area contributed by atoms with Gasteiger partial charge in [0.1, 0.15) is 0 Å². The standard InChI is InChI=1S/C23H25N5O5S/c1-5-28(6-2)34(32,33)15-8-9-18-16(12-15)17(13-21(29)25-18)22(30)24-14-7-10-19-20(11-14)27(4)23(31)26(19)3/h7-13H,5-6H2,1-4H3,(H,24,30)(H,25,29). The number of rotatable bonds is 6. The van der Waals surface area contributed by atoms with Crippen LogP contribution in [-0.2, 0) is 24.1 Å². The summed E-state index contributed by atoms with van der Waals surface area (Å²) >= 11 is 0. The number of nitrogens with zero attached hydrogens (tertiary/aromatic N) is 3. The minimum atomic E-state index is -3.76. The number of pyridine rings is 1. The molecule has 0 unspecified atom stereocenters. The summed E-state index contributed by atoms with van der Waals surface area (Å²) in [6, 6.07) is 10.5. The van der Waals surface area contributed by atoms with Gasteiger partial charge in [0.15, 0.2) is 0 Å². The summed E-state index contributed by atoms with van der Waals surface area (Å²) in [5, 5.41) is 3.06. The first-order valence-electron chi connectivity index (χ1n) is 10.7. The van der Waals surface area contributed by atoms with E-state index in [1.807, 2.05) is 0 Å². The van der Waals surface area contributed by atoms with E-state index < -0.39 is 21.5 Å². The largest absolute Gasteiger partial charge is 0.328 e. The Morgan fingerprint density at radius 1 is 0.971 bits per heavy atom. The zero-order chi connectivity index (χ0) is 24.8. The number of nitrogens with one attached hydrogen (secondary N) is 2.